The molecule has 182 valence electrons. The van der Waals surface area contributed by atoms with Crippen LogP contribution in [0.25, 0.3) is 22.6 Å². The minimum absolute atomic E-state index is 0.160. The maximum absolute atomic E-state index is 9.98. The number of hydrogen-bond acceptors (Lipinski definition) is 8. The minimum atomic E-state index is -0.619. The second-order valence-electron chi connectivity index (χ2n) is 9.15. The summed E-state index contributed by atoms with van der Waals surface area (Å²) in [7, 11) is 1.78. The average molecular weight is 486 g/mol. The summed E-state index contributed by atoms with van der Waals surface area (Å²) in [6, 6.07) is 5.73. The summed E-state index contributed by atoms with van der Waals surface area (Å²) in [4.78, 5) is 9.78. The van der Waals surface area contributed by atoms with Crippen LogP contribution in [-0.4, -0.2) is 52.6 Å². The molecule has 1 fully saturated rings. The van der Waals surface area contributed by atoms with Gasteiger partial charge < -0.3 is 25.0 Å². The second kappa shape index (κ2) is 10.3. The van der Waals surface area contributed by atoms with Crippen molar-refractivity contribution >= 4 is 17.4 Å². The van der Waals surface area contributed by atoms with Crippen molar-refractivity contribution in [3.8, 4) is 28.4 Å². The highest BCUT2D eigenvalue weighted by Crippen LogP contribution is 2.37. The zero-order valence-electron chi connectivity index (χ0n) is 20.3. The largest absolute Gasteiger partial charge is 0.491 e. The first-order valence-electron chi connectivity index (χ1n) is 11.6. The third kappa shape index (κ3) is 5.19. The highest BCUT2D eigenvalue weighted by atomic mass is 35.5. The normalized spacial score (nSPS) is 18.4. The van der Waals surface area contributed by atoms with Crippen LogP contribution in [0.5, 0.6) is 5.75 Å². The molecule has 34 heavy (non-hydrogen) atoms. The predicted molar refractivity (Wildman–Crippen MR) is 133 cm³/mol. The first kappa shape index (κ1) is 24.4. The van der Waals surface area contributed by atoms with Gasteiger partial charge in [0.15, 0.2) is 5.82 Å². The van der Waals surface area contributed by atoms with Gasteiger partial charge >= 0.3 is 0 Å². The number of aromatic nitrogens is 3. The van der Waals surface area contributed by atoms with Crippen molar-refractivity contribution < 1.29 is 14.4 Å². The molecule has 8 nitrogen and oxygen atoms in total. The highest BCUT2D eigenvalue weighted by molar-refractivity contribution is 6.33. The number of aryl methyl sites for hydroxylation is 2. The zero-order valence-corrected chi connectivity index (χ0v) is 21.0. The maximum Gasteiger partial charge on any atom is 0.163 e. The third-order valence-electron chi connectivity index (χ3n) is 6.19. The SMILES string of the molecule is CNCC(O)COc1ccc(Cl)c(-c2nc(NC3CC(C)C3)c(C)c(-c3c(C)noc3C)n2)c1. The number of benzene rings is 1. The standard InChI is InChI=1S/C25H32ClN5O3/c1-13-8-17(9-13)28-24-14(2)23(22-15(3)31-34-16(22)4)29-25(30-24)20-10-19(6-7-21(20)26)33-12-18(32)11-27-5/h6-7,10,13,17-18,27,32H,8-9,11-12H2,1-5H3,(H,28,29,30). The van der Waals surface area contributed by atoms with Crippen LogP contribution in [0, 0.1) is 26.7 Å². The molecule has 2 aromatic heterocycles. The van der Waals surface area contributed by atoms with Crippen LogP contribution in [-0.2, 0) is 0 Å². The van der Waals surface area contributed by atoms with Gasteiger partial charge in [0, 0.05) is 23.7 Å². The van der Waals surface area contributed by atoms with Crippen molar-refractivity contribution in [1.82, 2.24) is 20.4 Å². The summed E-state index contributed by atoms with van der Waals surface area (Å²) in [6.07, 6.45) is 1.60. The summed E-state index contributed by atoms with van der Waals surface area (Å²) in [5, 5.41) is 21.1. The Morgan fingerprint density at radius 2 is 2.00 bits per heavy atom. The molecule has 9 heteroatoms. The van der Waals surface area contributed by atoms with E-state index in [1.807, 2.05) is 26.8 Å². The summed E-state index contributed by atoms with van der Waals surface area (Å²) in [5.74, 6) is 3.27. The van der Waals surface area contributed by atoms with Crippen LogP contribution in [0.15, 0.2) is 22.7 Å². The fraction of sp³-hybridized carbons (Fsp3) is 0.480. The monoisotopic (exact) mass is 485 g/mol. The summed E-state index contributed by atoms with van der Waals surface area (Å²) >= 11 is 6.59. The molecule has 1 saturated carbocycles. The number of aliphatic hydroxyl groups is 1. The molecule has 0 amide bonds. The topological polar surface area (TPSA) is 105 Å². The quantitative estimate of drug-likeness (QED) is 0.405. The fourth-order valence-electron chi connectivity index (χ4n) is 4.31. The number of likely N-dealkylation sites (N-methyl/N-ethyl adjacent to an activating group) is 1. The van der Waals surface area contributed by atoms with E-state index in [1.165, 1.54) is 0 Å². The van der Waals surface area contributed by atoms with Crippen molar-refractivity contribution in [3.63, 3.8) is 0 Å². The molecule has 2 heterocycles. The van der Waals surface area contributed by atoms with Crippen LogP contribution >= 0.6 is 11.6 Å². The Balaban J connectivity index is 1.75. The molecule has 0 spiro atoms. The first-order valence-corrected chi connectivity index (χ1v) is 12.0. The summed E-state index contributed by atoms with van der Waals surface area (Å²) in [5.41, 5.74) is 4.00. The van der Waals surface area contributed by atoms with Gasteiger partial charge in [-0.2, -0.15) is 0 Å². The molecular formula is C25H32ClN5O3. The minimum Gasteiger partial charge on any atom is -0.491 e. The Labute approximate surface area is 205 Å². The summed E-state index contributed by atoms with van der Waals surface area (Å²) in [6.45, 7) is 8.66. The van der Waals surface area contributed by atoms with Gasteiger partial charge in [-0.1, -0.05) is 23.7 Å². The van der Waals surface area contributed by atoms with Crippen molar-refractivity contribution in [2.24, 2.45) is 5.92 Å². The van der Waals surface area contributed by atoms with E-state index >= 15 is 0 Å². The van der Waals surface area contributed by atoms with E-state index < -0.39 is 6.10 Å². The zero-order chi connectivity index (χ0) is 24.4. The third-order valence-corrected chi connectivity index (χ3v) is 6.52. The van der Waals surface area contributed by atoms with Gasteiger partial charge in [0.1, 0.15) is 30.0 Å². The molecule has 3 N–H and O–H groups in total. The number of nitrogens with one attached hydrogen (secondary N) is 2. The Morgan fingerprint density at radius 1 is 1.24 bits per heavy atom. The molecule has 0 radical (unpaired) electrons. The number of rotatable bonds is 9. The smallest absolute Gasteiger partial charge is 0.163 e. The van der Waals surface area contributed by atoms with Crippen LogP contribution in [0.2, 0.25) is 5.02 Å². The van der Waals surface area contributed by atoms with Crippen LogP contribution in [0.1, 0.15) is 36.8 Å². The Hall–Kier alpha value is -2.68. The van der Waals surface area contributed by atoms with Crippen molar-refractivity contribution in [2.75, 3.05) is 25.5 Å². The summed E-state index contributed by atoms with van der Waals surface area (Å²) < 4.78 is 11.2. The molecule has 1 unspecified atom stereocenters. The number of anilines is 1. The number of nitrogens with zero attached hydrogens (tertiary/aromatic N) is 3. The molecule has 1 aromatic carbocycles. The molecule has 1 atom stereocenters. The van der Waals surface area contributed by atoms with Gasteiger partial charge in [0.25, 0.3) is 0 Å². The van der Waals surface area contributed by atoms with Gasteiger partial charge in [-0.15, -0.1) is 0 Å². The van der Waals surface area contributed by atoms with Crippen molar-refractivity contribution in [2.45, 2.75) is 52.7 Å². The average Bonchev–Trinajstić information content (AvgIpc) is 3.11. The van der Waals surface area contributed by atoms with Crippen molar-refractivity contribution in [3.05, 3.63) is 40.2 Å². The van der Waals surface area contributed by atoms with Crippen LogP contribution in [0.4, 0.5) is 5.82 Å². The van der Waals surface area contributed by atoms with Gasteiger partial charge in [0.05, 0.1) is 22.0 Å². The van der Waals surface area contributed by atoms with Crippen molar-refractivity contribution in [1.29, 1.82) is 0 Å². The molecule has 0 bridgehead atoms. The molecule has 0 saturated heterocycles. The lowest BCUT2D eigenvalue weighted by atomic mass is 9.82. The molecule has 4 rings (SSSR count). The Kier molecular flexibility index (Phi) is 7.40. The Morgan fingerprint density at radius 3 is 2.65 bits per heavy atom. The molecule has 1 aliphatic carbocycles. The molecular weight excluding hydrogens is 454 g/mol. The predicted octanol–water partition coefficient (Wildman–Crippen LogP) is 4.55. The van der Waals surface area contributed by atoms with E-state index in [-0.39, 0.29) is 6.61 Å². The molecule has 0 aliphatic heterocycles. The van der Waals surface area contributed by atoms with Gasteiger partial charge in [-0.3, -0.25) is 0 Å². The molecule has 1 aliphatic rings. The van der Waals surface area contributed by atoms with Gasteiger partial charge in [-0.25, -0.2) is 9.97 Å². The van der Waals surface area contributed by atoms with Gasteiger partial charge in [0.2, 0.25) is 0 Å². The van der Waals surface area contributed by atoms with E-state index in [1.54, 1.807) is 19.2 Å². The lowest BCUT2D eigenvalue weighted by Gasteiger charge is -2.34. The highest BCUT2D eigenvalue weighted by Gasteiger charge is 2.28. The lowest BCUT2D eigenvalue weighted by molar-refractivity contribution is 0.108. The number of aliphatic hydroxyl groups excluding tert-OH is 1. The van der Waals surface area contributed by atoms with E-state index in [4.69, 9.17) is 30.8 Å². The fourth-order valence-corrected chi connectivity index (χ4v) is 4.51. The second-order valence-corrected chi connectivity index (χ2v) is 9.56. The van der Waals surface area contributed by atoms with E-state index in [0.717, 1.165) is 41.2 Å². The van der Waals surface area contributed by atoms with Crippen LogP contribution < -0.4 is 15.4 Å². The number of hydrogen-bond donors (Lipinski definition) is 3. The van der Waals surface area contributed by atoms with Gasteiger partial charge in [-0.05, 0) is 64.8 Å². The first-order chi connectivity index (χ1) is 16.3. The van der Waals surface area contributed by atoms with Crippen LogP contribution in [0.3, 0.4) is 0 Å². The Bertz CT molecular complexity index is 1140. The number of halogens is 1. The van der Waals surface area contributed by atoms with E-state index in [0.29, 0.717) is 46.4 Å². The van der Waals surface area contributed by atoms with E-state index in [2.05, 4.69) is 22.7 Å². The molecule has 3 aromatic rings. The number of ether oxygens (including phenoxy) is 1. The maximum atomic E-state index is 9.98. The van der Waals surface area contributed by atoms with E-state index in [9.17, 15) is 5.11 Å². The lowest BCUT2D eigenvalue weighted by Crippen LogP contribution is -2.34.